The van der Waals surface area contributed by atoms with E-state index in [1.54, 1.807) is 7.11 Å². The van der Waals surface area contributed by atoms with Gasteiger partial charge in [-0.1, -0.05) is 36.8 Å². The molecule has 9 nitrogen and oxygen atoms in total. The number of nitrogens with one attached hydrogen (secondary N) is 2. The first-order valence-electron chi connectivity index (χ1n) is 9.24. The van der Waals surface area contributed by atoms with Gasteiger partial charge in [0, 0.05) is 26.1 Å². The molecule has 1 aliphatic heterocycles. The third-order valence-corrected chi connectivity index (χ3v) is 6.40. The Kier molecular flexibility index (Phi) is 6.86. The number of piperidine rings is 1. The van der Waals surface area contributed by atoms with Crippen molar-refractivity contribution in [2.75, 3.05) is 31.7 Å². The summed E-state index contributed by atoms with van der Waals surface area (Å²) in [6.07, 6.45) is 1.18. The molecule has 3 heterocycles. The minimum Gasteiger partial charge on any atom is -0.396 e. The van der Waals surface area contributed by atoms with Gasteiger partial charge in [0.25, 0.3) is 5.91 Å². The third-order valence-electron chi connectivity index (χ3n) is 4.87. The second-order valence-electron chi connectivity index (χ2n) is 6.80. The normalized spacial score (nSPS) is 21.0. The molecule has 2 aromatic heterocycles. The van der Waals surface area contributed by atoms with E-state index in [9.17, 15) is 9.90 Å². The van der Waals surface area contributed by atoms with Gasteiger partial charge >= 0.3 is 0 Å². The lowest BCUT2D eigenvalue weighted by Crippen LogP contribution is -2.55. The van der Waals surface area contributed by atoms with Crippen LogP contribution in [0.3, 0.4) is 0 Å². The van der Waals surface area contributed by atoms with E-state index in [0.29, 0.717) is 31.1 Å². The van der Waals surface area contributed by atoms with Crippen molar-refractivity contribution in [1.82, 2.24) is 25.5 Å². The number of ether oxygens (including phenoxy) is 1. The van der Waals surface area contributed by atoms with Crippen molar-refractivity contribution in [2.45, 2.75) is 44.8 Å². The molecule has 0 saturated carbocycles. The van der Waals surface area contributed by atoms with Crippen molar-refractivity contribution < 1.29 is 14.6 Å². The number of aryl methyl sites for hydroxylation is 1. The van der Waals surface area contributed by atoms with E-state index in [2.05, 4.69) is 30.4 Å². The van der Waals surface area contributed by atoms with Crippen molar-refractivity contribution in [3.8, 4) is 0 Å². The number of carbonyl (C=O) groups is 1. The van der Waals surface area contributed by atoms with Crippen molar-refractivity contribution in [1.29, 1.82) is 0 Å². The molecule has 3 rings (SSSR count). The maximum absolute atomic E-state index is 12.5. The van der Waals surface area contributed by atoms with Gasteiger partial charge in [0.15, 0.2) is 11.0 Å². The van der Waals surface area contributed by atoms with Crippen LogP contribution < -0.4 is 10.2 Å². The quantitative estimate of drug-likeness (QED) is 0.613. The molecule has 0 aromatic carbocycles. The smallest absolute Gasteiger partial charge is 0.287 e. The first-order valence-corrected chi connectivity index (χ1v) is 10.4. The Morgan fingerprint density at radius 2 is 2.32 bits per heavy atom. The van der Waals surface area contributed by atoms with Crippen LogP contribution in [-0.4, -0.2) is 70.1 Å². The monoisotopic (exact) mass is 428 g/mol. The molecule has 1 amide bonds. The molecule has 3 N–H and O–H groups in total. The number of methoxy groups -OCH3 is 1. The van der Waals surface area contributed by atoms with Crippen LogP contribution in [0.4, 0.5) is 5.13 Å². The molecule has 1 saturated heterocycles. The van der Waals surface area contributed by atoms with Crippen molar-refractivity contribution in [3.05, 3.63) is 21.7 Å². The number of aromatic amines is 1. The van der Waals surface area contributed by atoms with E-state index in [1.807, 2.05) is 13.8 Å². The van der Waals surface area contributed by atoms with Gasteiger partial charge in [0.05, 0.1) is 24.4 Å². The first-order chi connectivity index (χ1) is 13.5. The van der Waals surface area contributed by atoms with Crippen LogP contribution >= 0.6 is 22.9 Å². The molecule has 154 valence electrons. The zero-order chi connectivity index (χ0) is 20.3. The molecule has 1 fully saturated rings. The van der Waals surface area contributed by atoms with E-state index in [1.165, 1.54) is 11.3 Å². The summed E-state index contributed by atoms with van der Waals surface area (Å²) in [4.78, 5) is 21.7. The van der Waals surface area contributed by atoms with Gasteiger partial charge in [-0.25, -0.2) is 4.98 Å². The topological polar surface area (TPSA) is 116 Å². The van der Waals surface area contributed by atoms with Crippen LogP contribution in [0.25, 0.3) is 0 Å². The average molecular weight is 429 g/mol. The number of hydrogen-bond donors (Lipinski definition) is 3. The predicted molar refractivity (Wildman–Crippen MR) is 107 cm³/mol. The largest absolute Gasteiger partial charge is 0.396 e. The second-order valence-corrected chi connectivity index (χ2v) is 8.15. The van der Waals surface area contributed by atoms with E-state index < -0.39 is 0 Å². The molecule has 1 unspecified atom stereocenters. The molecule has 0 aliphatic carbocycles. The van der Waals surface area contributed by atoms with Crippen LogP contribution in [0.5, 0.6) is 0 Å². The van der Waals surface area contributed by atoms with Crippen LogP contribution in [0.15, 0.2) is 0 Å². The summed E-state index contributed by atoms with van der Waals surface area (Å²) in [6.45, 7) is 5.20. The number of anilines is 1. The Labute approximate surface area is 172 Å². The summed E-state index contributed by atoms with van der Waals surface area (Å²) in [6, 6.07) is -0.147. The summed E-state index contributed by atoms with van der Waals surface area (Å²) in [5.74, 6) is -0.114. The lowest BCUT2D eigenvalue weighted by molar-refractivity contribution is 0.0538. The first kappa shape index (κ1) is 21.0. The minimum absolute atomic E-state index is 0.0329. The number of nitrogens with zero attached hydrogens (tertiary/aromatic N) is 4. The Hall–Kier alpha value is -1.75. The Morgan fingerprint density at radius 3 is 2.96 bits per heavy atom. The number of rotatable bonds is 7. The number of carbonyl (C=O) groups excluding carboxylic acids is 1. The highest BCUT2D eigenvalue weighted by atomic mass is 35.5. The Bertz CT molecular complexity index is 813. The molecule has 3 atom stereocenters. The molecule has 2 aromatic rings. The van der Waals surface area contributed by atoms with Crippen molar-refractivity contribution >= 4 is 34.0 Å². The minimum atomic E-state index is -0.294. The number of halogens is 1. The maximum atomic E-state index is 12.5. The van der Waals surface area contributed by atoms with Gasteiger partial charge in [-0.3, -0.25) is 4.79 Å². The molecule has 0 radical (unpaired) electrons. The van der Waals surface area contributed by atoms with Gasteiger partial charge < -0.3 is 25.0 Å². The van der Waals surface area contributed by atoms with Gasteiger partial charge in [-0.05, 0) is 12.8 Å². The number of aliphatic hydroxyl groups is 1. The van der Waals surface area contributed by atoms with Crippen molar-refractivity contribution in [2.24, 2.45) is 0 Å². The highest BCUT2D eigenvalue weighted by Crippen LogP contribution is 2.28. The van der Waals surface area contributed by atoms with Gasteiger partial charge in [-0.15, -0.1) is 10.2 Å². The lowest BCUT2D eigenvalue weighted by atomic mass is 10.0. The summed E-state index contributed by atoms with van der Waals surface area (Å²) in [5, 5.41) is 22.6. The van der Waals surface area contributed by atoms with Gasteiger partial charge in [-0.2, -0.15) is 0 Å². The highest BCUT2D eigenvalue weighted by Gasteiger charge is 2.33. The maximum Gasteiger partial charge on any atom is 0.287 e. The van der Waals surface area contributed by atoms with E-state index in [0.717, 1.165) is 15.8 Å². The summed E-state index contributed by atoms with van der Waals surface area (Å²) in [5.41, 5.74) is 0.745. The molecule has 11 heteroatoms. The molecule has 0 spiro atoms. The SMILES string of the molecule is CCc1[nH]c(C(=O)N[C@@H]2CCN(c3nnc(C(C)CO)s3)C[C@@H]2OC)nc1Cl. The van der Waals surface area contributed by atoms with Crippen LogP contribution in [-0.2, 0) is 11.2 Å². The summed E-state index contributed by atoms with van der Waals surface area (Å²) < 4.78 is 5.62. The van der Waals surface area contributed by atoms with Gasteiger partial charge in [0.2, 0.25) is 5.13 Å². The fourth-order valence-corrected chi connectivity index (χ4v) is 4.28. The molecule has 28 heavy (non-hydrogen) atoms. The predicted octanol–water partition coefficient (Wildman–Crippen LogP) is 1.60. The zero-order valence-electron chi connectivity index (χ0n) is 16.1. The average Bonchev–Trinajstić information content (AvgIpc) is 3.34. The van der Waals surface area contributed by atoms with Gasteiger partial charge in [0.1, 0.15) is 5.01 Å². The number of H-pyrrole nitrogens is 1. The zero-order valence-corrected chi connectivity index (χ0v) is 17.7. The lowest BCUT2D eigenvalue weighted by Gasteiger charge is -2.37. The second kappa shape index (κ2) is 9.17. The number of aromatic nitrogens is 4. The fraction of sp³-hybridized carbons (Fsp3) is 0.647. The van der Waals surface area contributed by atoms with E-state index >= 15 is 0 Å². The van der Waals surface area contributed by atoms with E-state index in [-0.39, 0.29) is 36.4 Å². The van der Waals surface area contributed by atoms with Crippen LogP contribution in [0.2, 0.25) is 5.15 Å². The molecular weight excluding hydrogens is 404 g/mol. The standard InChI is InChI=1S/C17H25ClN6O3S/c1-4-10-13(18)21-14(19-10)15(26)20-11-5-6-24(7-12(11)27-3)17-23-22-16(28-17)9(2)8-25/h9,11-12,25H,4-8H2,1-3H3,(H,19,21)(H,20,26)/t9?,11-,12+/m1/s1. The highest BCUT2D eigenvalue weighted by molar-refractivity contribution is 7.15. The van der Waals surface area contributed by atoms with Crippen molar-refractivity contribution in [3.63, 3.8) is 0 Å². The Morgan fingerprint density at radius 1 is 1.54 bits per heavy atom. The molecule has 1 aliphatic rings. The number of imidazole rings is 1. The van der Waals surface area contributed by atoms with E-state index in [4.69, 9.17) is 16.3 Å². The summed E-state index contributed by atoms with van der Waals surface area (Å²) in [7, 11) is 1.63. The fourth-order valence-electron chi connectivity index (χ4n) is 3.09. The van der Waals surface area contributed by atoms with Crippen LogP contribution in [0, 0.1) is 0 Å². The number of amides is 1. The Balaban J connectivity index is 1.64. The molecule has 0 bridgehead atoms. The molecular formula is C17H25ClN6O3S. The number of hydrogen-bond acceptors (Lipinski definition) is 8. The summed E-state index contributed by atoms with van der Waals surface area (Å²) >= 11 is 7.50. The van der Waals surface area contributed by atoms with Crippen LogP contribution in [0.1, 0.15) is 47.5 Å². The number of aliphatic hydroxyl groups excluding tert-OH is 1. The third kappa shape index (κ3) is 4.45.